The normalized spacial score (nSPS) is 17.8. The first-order valence-electron chi connectivity index (χ1n) is 7.13. The van der Waals surface area contributed by atoms with Crippen molar-refractivity contribution in [1.29, 1.82) is 0 Å². The van der Waals surface area contributed by atoms with E-state index in [1.54, 1.807) is 41.8 Å². The lowest BCUT2D eigenvalue weighted by atomic mass is 10.2. The summed E-state index contributed by atoms with van der Waals surface area (Å²) in [6, 6.07) is 9.75. The van der Waals surface area contributed by atoms with Gasteiger partial charge in [-0.15, -0.1) is 11.3 Å². The minimum Gasteiger partial charge on any atom is -0.368 e. The molecule has 23 heavy (non-hydrogen) atoms. The van der Waals surface area contributed by atoms with Crippen LogP contribution in [0, 0.1) is 0 Å². The van der Waals surface area contributed by atoms with Crippen molar-refractivity contribution >= 4 is 38.6 Å². The zero-order chi connectivity index (χ0) is 16.3. The fraction of sp³-hybridized carbons (Fsp3) is 0.267. The number of ether oxygens (including phenoxy) is 1. The largest absolute Gasteiger partial charge is 0.368 e. The minimum atomic E-state index is -3.56. The van der Waals surface area contributed by atoms with Gasteiger partial charge in [-0.3, -0.25) is 9.52 Å². The first-order chi connectivity index (χ1) is 11.0. The Hall–Kier alpha value is -1.90. The maximum Gasteiger partial charge on any atom is 0.271 e. The standard InChI is InChI=1S/C15H16N2O4S2/c18-15(13-3-1-9-21-13)16-11-5-7-12(8-6-11)17-23(19,20)14-4-2-10-22-14/h2,4-8,10,13,17H,1,3,9H2,(H,16,18). The van der Waals surface area contributed by atoms with Crippen molar-refractivity contribution in [3.63, 3.8) is 0 Å². The summed E-state index contributed by atoms with van der Waals surface area (Å²) in [7, 11) is -3.56. The molecule has 0 saturated carbocycles. The highest BCUT2D eigenvalue weighted by Crippen LogP contribution is 2.22. The molecule has 1 atom stereocenters. The van der Waals surface area contributed by atoms with Crippen LogP contribution in [-0.2, 0) is 19.6 Å². The molecule has 122 valence electrons. The van der Waals surface area contributed by atoms with E-state index in [-0.39, 0.29) is 10.1 Å². The smallest absolute Gasteiger partial charge is 0.271 e. The van der Waals surface area contributed by atoms with Gasteiger partial charge in [0.25, 0.3) is 15.9 Å². The Morgan fingerprint density at radius 2 is 1.91 bits per heavy atom. The van der Waals surface area contributed by atoms with Crippen molar-refractivity contribution in [2.75, 3.05) is 16.6 Å². The van der Waals surface area contributed by atoms with Gasteiger partial charge in [-0.05, 0) is 48.6 Å². The topological polar surface area (TPSA) is 84.5 Å². The van der Waals surface area contributed by atoms with E-state index in [1.807, 2.05) is 0 Å². The predicted molar refractivity (Wildman–Crippen MR) is 89.2 cm³/mol. The summed E-state index contributed by atoms with van der Waals surface area (Å²) in [6.45, 7) is 0.613. The highest BCUT2D eigenvalue weighted by Gasteiger charge is 2.23. The molecule has 1 saturated heterocycles. The molecular weight excluding hydrogens is 336 g/mol. The second-order valence-electron chi connectivity index (χ2n) is 5.11. The van der Waals surface area contributed by atoms with Gasteiger partial charge in [0.1, 0.15) is 10.3 Å². The second kappa shape index (κ2) is 6.69. The molecule has 2 heterocycles. The van der Waals surface area contributed by atoms with Crippen LogP contribution in [0.2, 0.25) is 0 Å². The van der Waals surface area contributed by atoms with Gasteiger partial charge >= 0.3 is 0 Å². The van der Waals surface area contributed by atoms with Crippen molar-refractivity contribution in [3.8, 4) is 0 Å². The van der Waals surface area contributed by atoms with Crippen molar-refractivity contribution in [1.82, 2.24) is 0 Å². The van der Waals surface area contributed by atoms with E-state index in [2.05, 4.69) is 10.0 Å². The Morgan fingerprint density at radius 1 is 1.17 bits per heavy atom. The van der Waals surface area contributed by atoms with Crippen LogP contribution in [0.3, 0.4) is 0 Å². The summed E-state index contributed by atoms with van der Waals surface area (Å²) in [5.41, 5.74) is 1.04. The first-order valence-corrected chi connectivity index (χ1v) is 9.50. The molecule has 1 aliphatic rings. The van der Waals surface area contributed by atoms with E-state index >= 15 is 0 Å². The fourth-order valence-corrected chi connectivity index (χ4v) is 4.30. The molecule has 6 nitrogen and oxygen atoms in total. The molecule has 1 unspecified atom stereocenters. The van der Waals surface area contributed by atoms with E-state index in [0.717, 1.165) is 24.2 Å². The van der Waals surface area contributed by atoms with E-state index in [4.69, 9.17) is 4.74 Å². The molecule has 0 radical (unpaired) electrons. The van der Waals surface area contributed by atoms with E-state index in [1.165, 1.54) is 0 Å². The third-order valence-electron chi connectivity index (χ3n) is 3.39. The molecule has 8 heteroatoms. The van der Waals surface area contributed by atoms with Crippen LogP contribution in [0.4, 0.5) is 11.4 Å². The number of benzene rings is 1. The van der Waals surface area contributed by atoms with Gasteiger partial charge in [-0.25, -0.2) is 8.42 Å². The third-order valence-corrected chi connectivity index (χ3v) is 6.17. The maximum absolute atomic E-state index is 12.1. The minimum absolute atomic E-state index is 0.172. The van der Waals surface area contributed by atoms with Gasteiger partial charge in [0.15, 0.2) is 0 Å². The van der Waals surface area contributed by atoms with Crippen molar-refractivity contribution < 1.29 is 17.9 Å². The Balaban J connectivity index is 1.64. The molecule has 0 aliphatic carbocycles. The number of anilines is 2. The summed E-state index contributed by atoms with van der Waals surface area (Å²) in [6.07, 6.45) is 1.22. The van der Waals surface area contributed by atoms with Crippen LogP contribution >= 0.6 is 11.3 Å². The highest BCUT2D eigenvalue weighted by molar-refractivity contribution is 7.94. The number of nitrogens with one attached hydrogen (secondary N) is 2. The van der Waals surface area contributed by atoms with Gasteiger partial charge in [-0.2, -0.15) is 0 Å². The predicted octanol–water partition coefficient (Wildman–Crippen LogP) is 2.67. The average molecular weight is 352 g/mol. The summed E-state index contributed by atoms with van der Waals surface area (Å²) in [4.78, 5) is 11.9. The first kappa shape index (κ1) is 16.0. The molecule has 2 aromatic rings. The zero-order valence-corrected chi connectivity index (χ0v) is 13.8. The lowest BCUT2D eigenvalue weighted by Gasteiger charge is -2.11. The van der Waals surface area contributed by atoms with Gasteiger partial charge in [0.2, 0.25) is 0 Å². The van der Waals surface area contributed by atoms with Crippen LogP contribution < -0.4 is 10.0 Å². The van der Waals surface area contributed by atoms with Gasteiger partial charge < -0.3 is 10.1 Å². The molecule has 1 aromatic carbocycles. The molecule has 1 aromatic heterocycles. The van der Waals surface area contributed by atoms with Crippen LogP contribution in [0.25, 0.3) is 0 Å². The molecule has 0 spiro atoms. The average Bonchev–Trinajstić information content (AvgIpc) is 3.23. The zero-order valence-electron chi connectivity index (χ0n) is 12.2. The summed E-state index contributed by atoms with van der Waals surface area (Å²) in [5, 5.41) is 4.47. The monoisotopic (exact) mass is 352 g/mol. The van der Waals surface area contributed by atoms with Crippen molar-refractivity contribution in [3.05, 3.63) is 41.8 Å². The molecule has 0 bridgehead atoms. The van der Waals surface area contributed by atoms with Crippen LogP contribution in [0.15, 0.2) is 46.0 Å². The lowest BCUT2D eigenvalue weighted by Crippen LogP contribution is -2.26. The summed E-state index contributed by atoms with van der Waals surface area (Å²) >= 11 is 1.15. The van der Waals surface area contributed by atoms with E-state index in [0.29, 0.717) is 18.0 Å². The van der Waals surface area contributed by atoms with Gasteiger partial charge in [-0.1, -0.05) is 6.07 Å². The van der Waals surface area contributed by atoms with Crippen LogP contribution in [0.1, 0.15) is 12.8 Å². The molecule has 3 rings (SSSR count). The van der Waals surface area contributed by atoms with E-state index < -0.39 is 16.1 Å². The van der Waals surface area contributed by atoms with Crippen LogP contribution in [-0.4, -0.2) is 27.0 Å². The molecule has 1 aliphatic heterocycles. The SMILES string of the molecule is O=C(Nc1ccc(NS(=O)(=O)c2cccs2)cc1)C1CCCO1. The van der Waals surface area contributed by atoms with Crippen molar-refractivity contribution in [2.45, 2.75) is 23.2 Å². The fourth-order valence-electron chi connectivity index (χ4n) is 2.25. The van der Waals surface area contributed by atoms with E-state index in [9.17, 15) is 13.2 Å². The van der Waals surface area contributed by atoms with Crippen molar-refractivity contribution in [2.24, 2.45) is 0 Å². The Bertz CT molecular complexity index is 764. The second-order valence-corrected chi connectivity index (χ2v) is 7.96. The number of carbonyl (C=O) groups excluding carboxylic acids is 1. The lowest BCUT2D eigenvalue weighted by molar-refractivity contribution is -0.124. The maximum atomic E-state index is 12.1. The highest BCUT2D eigenvalue weighted by atomic mass is 32.2. The summed E-state index contributed by atoms with van der Waals surface area (Å²) in [5.74, 6) is -0.172. The number of sulfonamides is 1. The Kier molecular flexibility index (Phi) is 4.65. The summed E-state index contributed by atoms with van der Waals surface area (Å²) < 4.78 is 32.3. The molecule has 1 amide bonds. The third kappa shape index (κ3) is 3.90. The molecule has 2 N–H and O–H groups in total. The quantitative estimate of drug-likeness (QED) is 0.866. The molecule has 1 fully saturated rings. The number of hydrogen-bond donors (Lipinski definition) is 2. The van der Waals surface area contributed by atoms with Gasteiger partial charge in [0, 0.05) is 18.0 Å². The molecular formula is C15H16N2O4S2. The number of thiophene rings is 1. The Labute approximate surface area is 138 Å². The Morgan fingerprint density at radius 3 is 2.52 bits per heavy atom. The number of hydrogen-bond acceptors (Lipinski definition) is 5. The number of rotatable bonds is 5. The van der Waals surface area contributed by atoms with Crippen LogP contribution in [0.5, 0.6) is 0 Å². The number of amides is 1. The van der Waals surface area contributed by atoms with Gasteiger partial charge in [0.05, 0.1) is 0 Å². The number of carbonyl (C=O) groups is 1.